The number of hydrogen-bond donors (Lipinski definition) is 2. The highest BCUT2D eigenvalue weighted by molar-refractivity contribution is 7.89. The molecule has 1 atom stereocenters. The molecule has 144 valence electrons. The van der Waals surface area contributed by atoms with Gasteiger partial charge < -0.3 is 15.0 Å². The molecule has 1 aromatic rings. The molecular formula is C17H25N3O5S. The van der Waals surface area contributed by atoms with E-state index in [0.717, 1.165) is 5.56 Å². The van der Waals surface area contributed by atoms with E-state index in [1.165, 1.54) is 0 Å². The number of rotatable bonds is 5. The van der Waals surface area contributed by atoms with Crippen LogP contribution in [0.2, 0.25) is 0 Å². The molecular weight excluding hydrogens is 358 g/mol. The van der Waals surface area contributed by atoms with Crippen molar-refractivity contribution in [1.82, 2.24) is 5.32 Å². The molecule has 2 amide bonds. The Morgan fingerprint density at radius 2 is 1.92 bits per heavy atom. The van der Waals surface area contributed by atoms with E-state index in [4.69, 9.17) is 9.88 Å². The number of carbonyl (C=O) groups is 2. The van der Waals surface area contributed by atoms with Gasteiger partial charge >= 0.3 is 6.09 Å². The zero-order valence-corrected chi connectivity index (χ0v) is 16.0. The number of benzene rings is 1. The summed E-state index contributed by atoms with van der Waals surface area (Å²) in [5.41, 5.74) is 0.984. The van der Waals surface area contributed by atoms with Crippen LogP contribution in [0.1, 0.15) is 32.8 Å². The van der Waals surface area contributed by atoms with Crippen LogP contribution in [0, 0.1) is 5.92 Å². The Kier molecular flexibility index (Phi) is 5.92. The Morgan fingerprint density at radius 3 is 2.46 bits per heavy atom. The van der Waals surface area contributed by atoms with Crippen molar-refractivity contribution >= 4 is 27.7 Å². The van der Waals surface area contributed by atoms with Gasteiger partial charge in [0.05, 0.1) is 5.75 Å². The van der Waals surface area contributed by atoms with Gasteiger partial charge in [-0.3, -0.25) is 4.79 Å². The van der Waals surface area contributed by atoms with Gasteiger partial charge in [0.2, 0.25) is 15.9 Å². The minimum atomic E-state index is -3.60. The summed E-state index contributed by atoms with van der Waals surface area (Å²) in [6, 6.07) is 7.13. The fourth-order valence-corrected chi connectivity index (χ4v) is 3.63. The van der Waals surface area contributed by atoms with Crippen LogP contribution in [-0.4, -0.2) is 38.3 Å². The SMILES string of the molecule is CC(C)(C)OC(=O)NCc1ccc(N2CC(CS(N)(=O)=O)CC2=O)cc1. The Balaban J connectivity index is 1.93. The van der Waals surface area contributed by atoms with Crippen molar-refractivity contribution in [2.75, 3.05) is 17.2 Å². The Morgan fingerprint density at radius 1 is 1.31 bits per heavy atom. The summed E-state index contributed by atoms with van der Waals surface area (Å²) < 4.78 is 27.6. The first-order valence-electron chi connectivity index (χ1n) is 8.29. The predicted molar refractivity (Wildman–Crippen MR) is 97.9 cm³/mol. The summed E-state index contributed by atoms with van der Waals surface area (Å²) in [6.07, 6.45) is -0.333. The molecule has 2 rings (SSSR count). The zero-order valence-electron chi connectivity index (χ0n) is 15.2. The topological polar surface area (TPSA) is 119 Å². The molecule has 1 saturated heterocycles. The van der Waals surface area contributed by atoms with Gasteiger partial charge in [-0.05, 0) is 38.5 Å². The summed E-state index contributed by atoms with van der Waals surface area (Å²) in [5.74, 6) is -0.628. The third kappa shape index (κ3) is 6.30. The second kappa shape index (κ2) is 7.63. The van der Waals surface area contributed by atoms with Gasteiger partial charge in [0.1, 0.15) is 5.60 Å². The number of carbonyl (C=O) groups excluding carboxylic acids is 2. The number of ether oxygens (including phenoxy) is 1. The van der Waals surface area contributed by atoms with E-state index < -0.39 is 21.7 Å². The average Bonchev–Trinajstić information content (AvgIpc) is 2.82. The van der Waals surface area contributed by atoms with E-state index in [-0.39, 0.29) is 24.0 Å². The van der Waals surface area contributed by atoms with Crippen LogP contribution in [0.3, 0.4) is 0 Å². The quantitative estimate of drug-likeness (QED) is 0.795. The lowest BCUT2D eigenvalue weighted by molar-refractivity contribution is -0.117. The first-order valence-corrected chi connectivity index (χ1v) is 10.0. The molecule has 0 aromatic heterocycles. The second-order valence-corrected chi connectivity index (χ2v) is 9.08. The number of hydrogen-bond acceptors (Lipinski definition) is 5. The summed E-state index contributed by atoms with van der Waals surface area (Å²) >= 11 is 0. The molecule has 1 unspecified atom stereocenters. The molecule has 26 heavy (non-hydrogen) atoms. The van der Waals surface area contributed by atoms with E-state index in [2.05, 4.69) is 5.32 Å². The number of amides is 2. The van der Waals surface area contributed by atoms with Crippen LogP contribution in [-0.2, 0) is 26.1 Å². The number of sulfonamides is 1. The third-order valence-electron chi connectivity index (χ3n) is 3.76. The van der Waals surface area contributed by atoms with Crippen LogP contribution in [0.4, 0.5) is 10.5 Å². The fourth-order valence-electron chi connectivity index (χ4n) is 2.75. The summed E-state index contributed by atoms with van der Waals surface area (Å²) in [5, 5.41) is 7.72. The highest BCUT2D eigenvalue weighted by atomic mass is 32.2. The maximum atomic E-state index is 12.1. The molecule has 1 fully saturated rings. The number of primary sulfonamides is 1. The van der Waals surface area contributed by atoms with E-state index in [1.807, 2.05) is 0 Å². The normalized spacial score (nSPS) is 18.1. The molecule has 1 aliphatic rings. The number of nitrogens with zero attached hydrogens (tertiary/aromatic N) is 1. The van der Waals surface area contributed by atoms with Gasteiger partial charge in [-0.25, -0.2) is 18.4 Å². The van der Waals surface area contributed by atoms with Crippen molar-refractivity contribution in [3.8, 4) is 0 Å². The lowest BCUT2D eigenvalue weighted by atomic mass is 10.1. The van der Waals surface area contributed by atoms with Crippen molar-refractivity contribution < 1.29 is 22.7 Å². The Labute approximate surface area is 153 Å². The summed E-state index contributed by atoms with van der Waals surface area (Å²) in [6.45, 7) is 5.99. The van der Waals surface area contributed by atoms with Gasteiger partial charge in [-0.1, -0.05) is 12.1 Å². The summed E-state index contributed by atoms with van der Waals surface area (Å²) in [7, 11) is -3.60. The summed E-state index contributed by atoms with van der Waals surface area (Å²) in [4.78, 5) is 25.3. The largest absolute Gasteiger partial charge is 0.444 e. The number of anilines is 1. The Bertz CT molecular complexity index is 769. The van der Waals surface area contributed by atoms with Crippen molar-refractivity contribution in [2.45, 2.75) is 39.3 Å². The van der Waals surface area contributed by atoms with Crippen LogP contribution in [0.15, 0.2) is 24.3 Å². The number of alkyl carbamates (subject to hydrolysis) is 1. The molecule has 1 heterocycles. The third-order valence-corrected chi connectivity index (χ3v) is 4.69. The van der Waals surface area contributed by atoms with E-state index in [1.54, 1.807) is 49.9 Å². The van der Waals surface area contributed by atoms with Crippen LogP contribution >= 0.6 is 0 Å². The maximum Gasteiger partial charge on any atom is 0.407 e. The van der Waals surface area contributed by atoms with Crippen molar-refractivity contribution in [2.24, 2.45) is 11.1 Å². The number of nitrogens with two attached hydrogens (primary N) is 1. The molecule has 0 radical (unpaired) electrons. The van der Waals surface area contributed by atoms with Crippen LogP contribution in [0.5, 0.6) is 0 Å². The van der Waals surface area contributed by atoms with Crippen molar-refractivity contribution in [1.29, 1.82) is 0 Å². The minimum Gasteiger partial charge on any atom is -0.444 e. The molecule has 0 aliphatic carbocycles. The minimum absolute atomic E-state index is 0.127. The second-order valence-electron chi connectivity index (χ2n) is 7.43. The van der Waals surface area contributed by atoms with Gasteiger partial charge in [0.15, 0.2) is 0 Å². The molecule has 1 aromatic carbocycles. The van der Waals surface area contributed by atoms with E-state index in [0.29, 0.717) is 18.8 Å². The fraction of sp³-hybridized carbons (Fsp3) is 0.529. The monoisotopic (exact) mass is 383 g/mol. The first kappa shape index (κ1) is 20.2. The van der Waals surface area contributed by atoms with E-state index >= 15 is 0 Å². The van der Waals surface area contributed by atoms with Gasteiger partial charge in [0.25, 0.3) is 0 Å². The molecule has 0 spiro atoms. The Hall–Kier alpha value is -2.13. The average molecular weight is 383 g/mol. The highest BCUT2D eigenvalue weighted by Gasteiger charge is 2.32. The maximum absolute atomic E-state index is 12.1. The molecule has 0 bridgehead atoms. The van der Waals surface area contributed by atoms with Gasteiger partial charge in [0, 0.05) is 31.1 Å². The van der Waals surface area contributed by atoms with Crippen LogP contribution in [0.25, 0.3) is 0 Å². The number of nitrogens with one attached hydrogen (secondary N) is 1. The molecule has 0 saturated carbocycles. The molecule has 8 nitrogen and oxygen atoms in total. The van der Waals surface area contributed by atoms with Gasteiger partial charge in [-0.2, -0.15) is 0 Å². The molecule has 9 heteroatoms. The highest BCUT2D eigenvalue weighted by Crippen LogP contribution is 2.26. The van der Waals surface area contributed by atoms with E-state index in [9.17, 15) is 18.0 Å². The van der Waals surface area contributed by atoms with Gasteiger partial charge in [-0.15, -0.1) is 0 Å². The first-order chi connectivity index (χ1) is 11.9. The zero-order chi connectivity index (χ0) is 19.5. The standard InChI is InChI=1S/C17H25N3O5S/c1-17(2,3)25-16(22)19-9-12-4-6-14(7-5-12)20-10-13(8-15(20)21)11-26(18,23)24/h4-7,13H,8-11H2,1-3H3,(H,19,22)(H2,18,23,24). The lowest BCUT2D eigenvalue weighted by Crippen LogP contribution is -2.32. The predicted octanol–water partition coefficient (Wildman–Crippen LogP) is 1.35. The lowest BCUT2D eigenvalue weighted by Gasteiger charge is -2.20. The van der Waals surface area contributed by atoms with Crippen LogP contribution < -0.4 is 15.4 Å². The van der Waals surface area contributed by atoms with Crippen molar-refractivity contribution in [3.05, 3.63) is 29.8 Å². The van der Waals surface area contributed by atoms with Crippen molar-refractivity contribution in [3.63, 3.8) is 0 Å². The molecule has 1 aliphatic heterocycles. The molecule has 3 N–H and O–H groups in total. The smallest absolute Gasteiger partial charge is 0.407 e.